The van der Waals surface area contributed by atoms with Crippen LogP contribution in [-0.2, 0) is 6.42 Å². The van der Waals surface area contributed by atoms with Crippen LogP contribution in [0.15, 0.2) is 18.2 Å². The van der Waals surface area contributed by atoms with Crippen LogP contribution in [0.4, 0.5) is 0 Å². The van der Waals surface area contributed by atoms with Gasteiger partial charge in [-0.1, -0.05) is 41.1 Å². The van der Waals surface area contributed by atoms with Gasteiger partial charge in [0, 0.05) is 4.83 Å². The third-order valence-electron chi connectivity index (χ3n) is 3.00. The molecule has 0 aliphatic heterocycles. The van der Waals surface area contributed by atoms with Gasteiger partial charge in [-0.2, -0.15) is 0 Å². The van der Waals surface area contributed by atoms with E-state index >= 15 is 0 Å². The third-order valence-corrected chi connectivity index (χ3v) is 4.10. The number of hydrogen-bond donors (Lipinski definition) is 0. The maximum absolute atomic E-state index is 3.68. The first-order valence-corrected chi connectivity index (χ1v) is 6.75. The first-order chi connectivity index (χ1) is 7.13. The van der Waals surface area contributed by atoms with Crippen molar-refractivity contribution in [3.8, 4) is 0 Å². The minimum Gasteiger partial charge on any atom is -0.0891 e. The molecule has 0 saturated heterocycles. The minimum absolute atomic E-state index is 0.698. The Morgan fingerprint density at radius 2 is 1.93 bits per heavy atom. The lowest BCUT2D eigenvalue weighted by Crippen LogP contribution is -1.96. The van der Waals surface area contributed by atoms with Crippen LogP contribution in [0.1, 0.15) is 42.9 Å². The molecule has 0 aliphatic rings. The summed E-state index contributed by atoms with van der Waals surface area (Å²) in [5.74, 6) is 0. The van der Waals surface area contributed by atoms with Crippen LogP contribution in [0.25, 0.3) is 0 Å². The maximum Gasteiger partial charge on any atom is 0.0143 e. The molecule has 1 heteroatoms. The number of rotatable bonds is 5. The molecule has 0 spiro atoms. The van der Waals surface area contributed by atoms with E-state index in [1.165, 1.54) is 42.4 Å². The van der Waals surface area contributed by atoms with Crippen molar-refractivity contribution >= 4 is 15.9 Å². The van der Waals surface area contributed by atoms with Crippen molar-refractivity contribution < 1.29 is 0 Å². The van der Waals surface area contributed by atoms with E-state index in [0.29, 0.717) is 4.83 Å². The lowest BCUT2D eigenvalue weighted by molar-refractivity contribution is 0.689. The fraction of sp³-hybridized carbons (Fsp3) is 0.571. The van der Waals surface area contributed by atoms with Crippen molar-refractivity contribution in [2.75, 3.05) is 0 Å². The van der Waals surface area contributed by atoms with E-state index < -0.39 is 0 Å². The molecule has 1 rings (SSSR count). The zero-order valence-electron chi connectivity index (χ0n) is 10.0. The molecule has 0 nitrogen and oxygen atoms in total. The molecule has 0 heterocycles. The quantitative estimate of drug-likeness (QED) is 0.673. The zero-order valence-corrected chi connectivity index (χ0v) is 11.6. The van der Waals surface area contributed by atoms with Gasteiger partial charge in [-0.05, 0) is 56.2 Å². The highest BCUT2D eigenvalue weighted by atomic mass is 79.9. The summed E-state index contributed by atoms with van der Waals surface area (Å²) >= 11 is 3.68. The molecule has 0 fully saturated rings. The molecule has 0 bridgehead atoms. The van der Waals surface area contributed by atoms with Gasteiger partial charge in [-0.25, -0.2) is 0 Å². The van der Waals surface area contributed by atoms with Crippen molar-refractivity contribution in [2.24, 2.45) is 0 Å². The molecule has 1 aromatic carbocycles. The summed E-state index contributed by atoms with van der Waals surface area (Å²) < 4.78 is 0. The Morgan fingerprint density at radius 1 is 1.20 bits per heavy atom. The highest BCUT2D eigenvalue weighted by molar-refractivity contribution is 9.09. The van der Waals surface area contributed by atoms with Crippen LogP contribution in [0.5, 0.6) is 0 Å². The van der Waals surface area contributed by atoms with Crippen LogP contribution < -0.4 is 0 Å². The molecule has 1 atom stereocenters. The number of benzene rings is 1. The monoisotopic (exact) mass is 268 g/mol. The van der Waals surface area contributed by atoms with Gasteiger partial charge in [0.05, 0.1) is 0 Å². The molecule has 0 saturated carbocycles. The van der Waals surface area contributed by atoms with E-state index in [2.05, 4.69) is 54.9 Å². The predicted octanol–water partition coefficient (Wildman–Crippen LogP) is 4.80. The molecule has 0 amide bonds. The SMILES string of the molecule is CCC(Br)CCCc1ccc(C)c(C)c1. The average molecular weight is 269 g/mol. The van der Waals surface area contributed by atoms with E-state index in [1.807, 2.05) is 0 Å². The largest absolute Gasteiger partial charge is 0.0891 e. The molecule has 1 aromatic rings. The van der Waals surface area contributed by atoms with E-state index in [0.717, 1.165) is 0 Å². The first kappa shape index (κ1) is 12.8. The Hall–Kier alpha value is -0.300. The molecule has 0 aliphatic carbocycles. The molecule has 0 aromatic heterocycles. The third kappa shape index (κ3) is 4.38. The Bertz CT molecular complexity index is 304. The summed E-state index contributed by atoms with van der Waals surface area (Å²) in [4.78, 5) is 0.698. The molecule has 84 valence electrons. The summed E-state index contributed by atoms with van der Waals surface area (Å²) in [6.45, 7) is 6.60. The second-order valence-electron chi connectivity index (χ2n) is 4.32. The molecule has 0 radical (unpaired) electrons. The molecule has 0 N–H and O–H groups in total. The Labute approximate surface area is 102 Å². The smallest absolute Gasteiger partial charge is 0.0143 e. The summed E-state index contributed by atoms with van der Waals surface area (Å²) in [6.07, 6.45) is 5.01. The number of halogens is 1. The minimum atomic E-state index is 0.698. The van der Waals surface area contributed by atoms with Crippen molar-refractivity contribution in [1.82, 2.24) is 0 Å². The maximum atomic E-state index is 3.68. The topological polar surface area (TPSA) is 0 Å². The van der Waals surface area contributed by atoms with Crippen LogP contribution >= 0.6 is 15.9 Å². The van der Waals surface area contributed by atoms with Gasteiger partial charge in [0.25, 0.3) is 0 Å². The molecule has 1 unspecified atom stereocenters. The fourth-order valence-electron chi connectivity index (χ4n) is 1.69. The second kappa shape index (κ2) is 6.32. The number of hydrogen-bond acceptors (Lipinski definition) is 0. The lowest BCUT2D eigenvalue weighted by atomic mass is 10.0. The van der Waals surface area contributed by atoms with E-state index in [4.69, 9.17) is 0 Å². The van der Waals surface area contributed by atoms with Gasteiger partial charge >= 0.3 is 0 Å². The summed E-state index contributed by atoms with van der Waals surface area (Å²) in [7, 11) is 0. The van der Waals surface area contributed by atoms with Crippen LogP contribution in [0.3, 0.4) is 0 Å². The number of aryl methyl sites for hydroxylation is 3. The van der Waals surface area contributed by atoms with Gasteiger partial charge in [-0.3, -0.25) is 0 Å². The van der Waals surface area contributed by atoms with Gasteiger partial charge < -0.3 is 0 Å². The summed E-state index contributed by atoms with van der Waals surface area (Å²) in [6, 6.07) is 6.82. The van der Waals surface area contributed by atoms with Crippen LogP contribution in [-0.4, -0.2) is 4.83 Å². The lowest BCUT2D eigenvalue weighted by Gasteiger charge is -2.07. The fourth-order valence-corrected chi connectivity index (χ4v) is 2.01. The van der Waals surface area contributed by atoms with Gasteiger partial charge in [0.1, 0.15) is 0 Å². The predicted molar refractivity (Wildman–Crippen MR) is 71.9 cm³/mol. The van der Waals surface area contributed by atoms with Gasteiger partial charge in [0.2, 0.25) is 0 Å². The van der Waals surface area contributed by atoms with Crippen molar-refractivity contribution in [1.29, 1.82) is 0 Å². The van der Waals surface area contributed by atoms with Crippen molar-refractivity contribution in [3.05, 3.63) is 34.9 Å². The normalized spacial score (nSPS) is 12.8. The highest BCUT2D eigenvalue weighted by Crippen LogP contribution is 2.16. The molecular weight excluding hydrogens is 248 g/mol. The Kier molecular flexibility index (Phi) is 5.38. The van der Waals surface area contributed by atoms with Gasteiger partial charge in [0.15, 0.2) is 0 Å². The van der Waals surface area contributed by atoms with Gasteiger partial charge in [-0.15, -0.1) is 0 Å². The van der Waals surface area contributed by atoms with E-state index in [1.54, 1.807) is 0 Å². The summed E-state index contributed by atoms with van der Waals surface area (Å²) in [5, 5.41) is 0. The van der Waals surface area contributed by atoms with Crippen molar-refractivity contribution in [3.63, 3.8) is 0 Å². The second-order valence-corrected chi connectivity index (χ2v) is 5.61. The zero-order chi connectivity index (χ0) is 11.3. The standard InChI is InChI=1S/C14H21Br/c1-4-14(15)7-5-6-13-9-8-11(2)12(3)10-13/h8-10,14H,4-7H2,1-3H3. The van der Waals surface area contributed by atoms with E-state index in [9.17, 15) is 0 Å². The highest BCUT2D eigenvalue weighted by Gasteiger charge is 2.01. The van der Waals surface area contributed by atoms with Crippen LogP contribution in [0.2, 0.25) is 0 Å². The molecule has 15 heavy (non-hydrogen) atoms. The van der Waals surface area contributed by atoms with Crippen molar-refractivity contribution in [2.45, 2.75) is 51.3 Å². The molecular formula is C14H21Br. The summed E-state index contributed by atoms with van der Waals surface area (Å²) in [5.41, 5.74) is 4.29. The first-order valence-electron chi connectivity index (χ1n) is 5.83. The Balaban J connectivity index is 2.41. The van der Waals surface area contributed by atoms with E-state index in [-0.39, 0.29) is 0 Å². The van der Waals surface area contributed by atoms with Crippen LogP contribution in [0, 0.1) is 13.8 Å². The number of alkyl halides is 1. The average Bonchev–Trinajstić information content (AvgIpc) is 2.23. The Morgan fingerprint density at radius 3 is 2.53 bits per heavy atom.